The maximum atomic E-state index is 13.0. The van der Waals surface area contributed by atoms with Gasteiger partial charge in [0.15, 0.2) is 0 Å². The second-order valence-corrected chi connectivity index (χ2v) is 13.1. The van der Waals surface area contributed by atoms with Crippen molar-refractivity contribution >= 4 is 5.97 Å². The number of allylic oxidation sites excluding steroid dienone is 4. The first kappa shape index (κ1) is 18.2. The van der Waals surface area contributed by atoms with E-state index in [1.807, 2.05) is 0 Å². The molecule has 0 fully saturated rings. The summed E-state index contributed by atoms with van der Waals surface area (Å²) in [6, 6.07) is 5.53. The first-order chi connectivity index (χ1) is 10.5. The molecule has 0 atom stereocenters. The van der Waals surface area contributed by atoms with E-state index in [1.54, 1.807) is 0 Å². The van der Waals surface area contributed by atoms with Gasteiger partial charge in [0.25, 0.3) is 0 Å². The van der Waals surface area contributed by atoms with E-state index in [9.17, 15) is 9.18 Å². The third kappa shape index (κ3) is 3.22. The minimum absolute atomic E-state index is 0.0687. The van der Waals surface area contributed by atoms with Gasteiger partial charge in [0.05, 0.1) is 0 Å². The van der Waals surface area contributed by atoms with Gasteiger partial charge in [-0.1, -0.05) is 0 Å². The van der Waals surface area contributed by atoms with Gasteiger partial charge in [0, 0.05) is 0 Å². The zero-order chi connectivity index (χ0) is 17.6. The van der Waals surface area contributed by atoms with E-state index < -0.39 is 17.0 Å². The molecule has 124 valence electrons. The van der Waals surface area contributed by atoms with Gasteiger partial charge in [-0.3, -0.25) is 0 Å². The van der Waals surface area contributed by atoms with Crippen LogP contribution < -0.4 is 0 Å². The van der Waals surface area contributed by atoms with Gasteiger partial charge < -0.3 is 0 Å². The van der Waals surface area contributed by atoms with Crippen LogP contribution in [0.2, 0.25) is 10.5 Å². The van der Waals surface area contributed by atoms with E-state index in [-0.39, 0.29) is 17.2 Å². The third-order valence-corrected chi connectivity index (χ3v) is 9.62. The van der Waals surface area contributed by atoms with Crippen LogP contribution in [0.5, 0.6) is 0 Å². The van der Waals surface area contributed by atoms with Crippen LogP contribution in [-0.2, 0) is 20.3 Å². The maximum absolute atomic E-state index is 13.0. The van der Waals surface area contributed by atoms with Crippen molar-refractivity contribution in [2.75, 3.05) is 0 Å². The van der Waals surface area contributed by atoms with Gasteiger partial charge in [0.2, 0.25) is 0 Å². The molecule has 1 aliphatic rings. The minimum atomic E-state index is -3.00. The fraction of sp³-hybridized carbons (Fsp3) is 0.421. The Morgan fingerprint density at radius 3 is 2.00 bits per heavy atom. The fourth-order valence-corrected chi connectivity index (χ4v) is 9.14. The van der Waals surface area contributed by atoms with Crippen molar-refractivity contribution in [3.63, 3.8) is 0 Å². The quantitative estimate of drug-likeness (QED) is 0.643. The van der Waals surface area contributed by atoms with Gasteiger partial charge in [-0.25, -0.2) is 0 Å². The number of benzene rings is 1. The molecule has 0 radical (unpaired) electrons. The number of hydrogen-bond acceptors (Lipinski definition) is 2. The summed E-state index contributed by atoms with van der Waals surface area (Å²) in [7, 11) is 0. The predicted molar refractivity (Wildman–Crippen MR) is 88.4 cm³/mol. The molecule has 0 aromatic heterocycles. The summed E-state index contributed by atoms with van der Waals surface area (Å²) in [5.41, 5.74) is 4.26. The summed E-state index contributed by atoms with van der Waals surface area (Å²) in [5, 5.41) is 4.21. The van der Waals surface area contributed by atoms with Crippen molar-refractivity contribution in [3.05, 3.63) is 56.2 Å². The van der Waals surface area contributed by atoms with Crippen LogP contribution >= 0.6 is 0 Å². The molecule has 0 N–H and O–H groups in total. The first-order valence-corrected chi connectivity index (χ1v) is 12.4. The van der Waals surface area contributed by atoms with Crippen LogP contribution in [0.1, 0.15) is 45.0 Å². The molecule has 0 saturated heterocycles. The van der Waals surface area contributed by atoms with Crippen molar-refractivity contribution in [1.82, 2.24) is 0 Å². The van der Waals surface area contributed by atoms with Crippen LogP contribution in [0.4, 0.5) is 4.39 Å². The molecule has 0 saturated carbocycles. The third-order valence-electron chi connectivity index (χ3n) is 5.09. The van der Waals surface area contributed by atoms with Crippen LogP contribution in [0.3, 0.4) is 0 Å². The molecule has 0 amide bonds. The Kier molecular flexibility index (Phi) is 4.76. The Hall–Kier alpha value is -1.19. The summed E-state index contributed by atoms with van der Waals surface area (Å²) < 4.78 is 20.3. The first-order valence-electron chi connectivity index (χ1n) is 7.87. The number of hydrogen-bond donors (Lipinski definition) is 0. The molecule has 0 bridgehead atoms. The molecule has 1 aromatic rings. The van der Waals surface area contributed by atoms with Crippen molar-refractivity contribution in [2.24, 2.45) is 5.41 Å². The van der Waals surface area contributed by atoms with Gasteiger partial charge in [0.1, 0.15) is 0 Å². The van der Waals surface area contributed by atoms with E-state index in [0.717, 1.165) is 0 Å². The van der Waals surface area contributed by atoms with E-state index in [1.165, 1.54) is 44.9 Å². The second-order valence-electron chi connectivity index (χ2n) is 7.28. The van der Waals surface area contributed by atoms with Crippen LogP contribution in [0.25, 0.3) is 0 Å². The Bertz CT molecular complexity index is 709. The topological polar surface area (TPSA) is 26.3 Å². The summed E-state index contributed by atoms with van der Waals surface area (Å²) in [6.07, 6.45) is 0. The summed E-state index contributed by atoms with van der Waals surface area (Å²) in [4.78, 5) is 12.5. The van der Waals surface area contributed by atoms with E-state index in [2.05, 4.69) is 45.1 Å². The van der Waals surface area contributed by atoms with Crippen molar-refractivity contribution in [3.8, 4) is 0 Å². The molecule has 4 heteroatoms. The number of carbonyl (C=O) groups is 1. The molecule has 23 heavy (non-hydrogen) atoms. The molecule has 1 aromatic carbocycles. The summed E-state index contributed by atoms with van der Waals surface area (Å²) in [5.74, 6) is -0.707. The molecule has 0 spiro atoms. The Morgan fingerprint density at radius 2 is 1.57 bits per heavy atom. The molecular formula is C19H25FO2Ti. The number of carbonyl (C=O) groups excluding carboxylic acids is 1. The average Bonchev–Trinajstić information content (AvgIpc) is 2.59. The van der Waals surface area contributed by atoms with E-state index in [0.29, 0.717) is 5.56 Å². The SMILES string of the molecule is CC1=C(C)C(C)(C)[C]([Ti]([CH3])([CH3])[O]C(=O)c2ccc(F)cc2)=C1C. The molecule has 0 heterocycles. The summed E-state index contributed by atoms with van der Waals surface area (Å²) >= 11 is -3.00. The Morgan fingerprint density at radius 1 is 1.04 bits per heavy atom. The zero-order valence-corrected chi connectivity index (χ0v) is 16.6. The Labute approximate surface area is 142 Å². The Balaban J connectivity index is 2.33. The van der Waals surface area contributed by atoms with Crippen molar-refractivity contribution in [2.45, 2.75) is 45.1 Å². The molecular weight excluding hydrogens is 327 g/mol. The normalized spacial score (nSPS) is 17.7. The van der Waals surface area contributed by atoms with Crippen molar-refractivity contribution in [1.29, 1.82) is 0 Å². The van der Waals surface area contributed by atoms with Crippen LogP contribution in [0.15, 0.2) is 44.9 Å². The van der Waals surface area contributed by atoms with Gasteiger partial charge in [-0.2, -0.15) is 0 Å². The zero-order valence-electron chi connectivity index (χ0n) is 15.0. The number of halogens is 1. The predicted octanol–water partition coefficient (Wildman–Crippen LogP) is 5.80. The molecule has 2 nitrogen and oxygen atoms in total. The standard InChI is InChI=1S/C10H15.C7H5FO2.2CH3.Ti/c1-7-6-10(4,5)9(3)8(7)2;8-6-3-1-5(2-4-6)7(9)10;;;/h1-5H3;1-4H,(H,9,10);2*1H3;/q;;;;+1/p-1. The molecule has 2 rings (SSSR count). The fourth-order valence-electron chi connectivity index (χ4n) is 3.73. The summed E-state index contributed by atoms with van der Waals surface area (Å²) in [6.45, 7) is 10.8. The van der Waals surface area contributed by atoms with Crippen LogP contribution in [-0.4, -0.2) is 5.97 Å². The molecule has 0 aliphatic heterocycles. The monoisotopic (exact) mass is 352 g/mol. The van der Waals surface area contributed by atoms with Gasteiger partial charge >= 0.3 is 142 Å². The van der Waals surface area contributed by atoms with Gasteiger partial charge in [-0.05, 0) is 0 Å². The van der Waals surface area contributed by atoms with E-state index in [4.69, 9.17) is 3.32 Å². The second kappa shape index (κ2) is 6.03. The van der Waals surface area contributed by atoms with Gasteiger partial charge in [-0.15, -0.1) is 0 Å². The number of rotatable bonds is 3. The average molecular weight is 352 g/mol. The van der Waals surface area contributed by atoms with Crippen LogP contribution in [0, 0.1) is 11.2 Å². The molecule has 1 aliphatic carbocycles. The van der Waals surface area contributed by atoms with E-state index >= 15 is 0 Å². The van der Waals surface area contributed by atoms with Crippen molar-refractivity contribution < 1.29 is 29.5 Å². The molecule has 0 unspecified atom stereocenters.